The van der Waals surface area contributed by atoms with Gasteiger partial charge in [0.1, 0.15) is 0 Å². The zero-order valence-corrected chi connectivity index (χ0v) is 12.1. The normalized spacial score (nSPS) is 22.9. The summed E-state index contributed by atoms with van der Waals surface area (Å²) in [7, 11) is 2.19. The fraction of sp³-hybridized carbons (Fsp3) is 0.538. The molecule has 0 saturated carbocycles. The Balaban J connectivity index is 2.01. The second-order valence-corrected chi connectivity index (χ2v) is 5.82. The molecule has 4 heteroatoms. The second-order valence-electron chi connectivity index (χ2n) is 4.91. The number of likely N-dealkylation sites (N-methyl/N-ethyl adjacent to an activating group) is 1. The quantitative estimate of drug-likeness (QED) is 0.849. The molecule has 0 aromatic heterocycles. The van der Waals surface area contributed by atoms with E-state index in [0.29, 0.717) is 6.04 Å². The lowest BCUT2D eigenvalue weighted by molar-refractivity contribution is 0.100. The Morgan fingerprint density at radius 1 is 1.41 bits per heavy atom. The third-order valence-electron chi connectivity index (χ3n) is 3.55. The summed E-state index contributed by atoms with van der Waals surface area (Å²) in [4.78, 5) is 4.88. The Kier molecular flexibility index (Phi) is 4.07. The molecule has 1 heterocycles. The van der Waals surface area contributed by atoms with Crippen LogP contribution in [0.4, 0.5) is 5.69 Å². The molecule has 1 saturated heterocycles. The fourth-order valence-corrected chi connectivity index (χ4v) is 2.60. The lowest BCUT2D eigenvalue weighted by atomic mass is 10.1. The molecule has 1 aliphatic heterocycles. The molecule has 2 rings (SSSR count). The van der Waals surface area contributed by atoms with Crippen molar-refractivity contribution >= 4 is 21.6 Å². The molecule has 17 heavy (non-hydrogen) atoms. The summed E-state index contributed by atoms with van der Waals surface area (Å²) >= 11 is 3.44. The van der Waals surface area contributed by atoms with Gasteiger partial charge in [-0.1, -0.05) is 22.0 Å². The van der Waals surface area contributed by atoms with Gasteiger partial charge in [-0.25, -0.2) is 0 Å². The maximum absolute atomic E-state index is 6.03. The summed E-state index contributed by atoms with van der Waals surface area (Å²) in [5.74, 6) is 0. The van der Waals surface area contributed by atoms with E-state index in [1.54, 1.807) is 0 Å². The van der Waals surface area contributed by atoms with Crippen molar-refractivity contribution < 1.29 is 0 Å². The van der Waals surface area contributed by atoms with Crippen LogP contribution in [0, 0.1) is 0 Å². The van der Waals surface area contributed by atoms with Crippen molar-refractivity contribution in [3.8, 4) is 0 Å². The molecule has 2 N–H and O–H groups in total. The first-order valence-corrected chi connectivity index (χ1v) is 6.82. The number of benzene rings is 1. The molecule has 0 bridgehead atoms. The highest BCUT2D eigenvalue weighted by molar-refractivity contribution is 9.10. The maximum Gasteiger partial charge on any atom is 0.0371 e. The van der Waals surface area contributed by atoms with Crippen molar-refractivity contribution in [3.05, 3.63) is 28.2 Å². The zero-order valence-electron chi connectivity index (χ0n) is 10.5. The van der Waals surface area contributed by atoms with Crippen molar-refractivity contribution in [2.75, 3.05) is 32.4 Å². The van der Waals surface area contributed by atoms with E-state index in [2.05, 4.69) is 51.8 Å². The molecule has 1 unspecified atom stereocenters. The van der Waals surface area contributed by atoms with Crippen LogP contribution in [0.15, 0.2) is 22.7 Å². The average Bonchev–Trinajstić information content (AvgIpc) is 2.27. The van der Waals surface area contributed by atoms with Gasteiger partial charge in [0, 0.05) is 42.4 Å². The SMILES string of the molecule is CC1CN(Cc2ccc(Br)cc2N)CCN1C. The molecule has 1 aromatic carbocycles. The lowest BCUT2D eigenvalue weighted by Crippen LogP contribution is -2.49. The van der Waals surface area contributed by atoms with Crippen LogP contribution in [0.25, 0.3) is 0 Å². The average molecular weight is 298 g/mol. The molecule has 0 aliphatic carbocycles. The monoisotopic (exact) mass is 297 g/mol. The molecule has 1 aromatic rings. The van der Waals surface area contributed by atoms with Gasteiger partial charge in [-0.2, -0.15) is 0 Å². The maximum atomic E-state index is 6.03. The van der Waals surface area contributed by atoms with E-state index in [9.17, 15) is 0 Å². The number of hydrogen-bond acceptors (Lipinski definition) is 3. The minimum absolute atomic E-state index is 0.625. The van der Waals surface area contributed by atoms with E-state index in [4.69, 9.17) is 5.73 Å². The van der Waals surface area contributed by atoms with Crippen LogP contribution < -0.4 is 5.73 Å². The van der Waals surface area contributed by atoms with Crippen molar-refractivity contribution in [3.63, 3.8) is 0 Å². The Morgan fingerprint density at radius 3 is 2.82 bits per heavy atom. The third kappa shape index (κ3) is 3.21. The largest absolute Gasteiger partial charge is 0.398 e. The number of nitrogens with zero attached hydrogens (tertiary/aromatic N) is 2. The number of nitrogens with two attached hydrogens (primary N) is 1. The topological polar surface area (TPSA) is 32.5 Å². The van der Waals surface area contributed by atoms with E-state index in [1.807, 2.05) is 6.07 Å². The van der Waals surface area contributed by atoms with Crippen LogP contribution in [-0.2, 0) is 6.54 Å². The molecule has 0 radical (unpaired) electrons. The fourth-order valence-electron chi connectivity index (χ4n) is 2.22. The van der Waals surface area contributed by atoms with Crippen molar-refractivity contribution in [2.45, 2.75) is 19.5 Å². The predicted molar refractivity (Wildman–Crippen MR) is 75.9 cm³/mol. The summed E-state index contributed by atoms with van der Waals surface area (Å²) in [6.45, 7) is 6.61. The molecule has 1 fully saturated rings. The van der Waals surface area contributed by atoms with Crippen LogP contribution in [0.1, 0.15) is 12.5 Å². The number of anilines is 1. The second kappa shape index (κ2) is 5.38. The van der Waals surface area contributed by atoms with E-state index in [-0.39, 0.29) is 0 Å². The summed E-state index contributed by atoms with van der Waals surface area (Å²) < 4.78 is 1.05. The predicted octanol–water partition coefficient (Wildman–Crippen LogP) is 2.17. The molecule has 1 aliphatic rings. The number of hydrogen-bond donors (Lipinski definition) is 1. The van der Waals surface area contributed by atoms with Crippen molar-refractivity contribution in [1.82, 2.24) is 9.80 Å². The Hall–Kier alpha value is -0.580. The van der Waals surface area contributed by atoms with Gasteiger partial charge in [-0.3, -0.25) is 4.90 Å². The van der Waals surface area contributed by atoms with Gasteiger partial charge >= 0.3 is 0 Å². The van der Waals surface area contributed by atoms with E-state index >= 15 is 0 Å². The Bertz CT molecular complexity index is 394. The minimum Gasteiger partial charge on any atom is -0.398 e. The van der Waals surface area contributed by atoms with Gasteiger partial charge in [0.25, 0.3) is 0 Å². The van der Waals surface area contributed by atoms with Gasteiger partial charge in [-0.15, -0.1) is 0 Å². The number of piperazine rings is 1. The van der Waals surface area contributed by atoms with Crippen LogP contribution in [0.2, 0.25) is 0 Å². The first-order chi connectivity index (χ1) is 8.06. The number of rotatable bonds is 2. The highest BCUT2D eigenvalue weighted by Gasteiger charge is 2.20. The smallest absolute Gasteiger partial charge is 0.0371 e. The first-order valence-electron chi connectivity index (χ1n) is 6.03. The van der Waals surface area contributed by atoms with Gasteiger partial charge in [0.05, 0.1) is 0 Å². The van der Waals surface area contributed by atoms with Crippen molar-refractivity contribution in [1.29, 1.82) is 0 Å². The highest BCUT2D eigenvalue weighted by atomic mass is 79.9. The van der Waals surface area contributed by atoms with Crippen LogP contribution in [-0.4, -0.2) is 42.5 Å². The number of halogens is 1. The van der Waals surface area contributed by atoms with Crippen LogP contribution in [0.5, 0.6) is 0 Å². The molecule has 3 nitrogen and oxygen atoms in total. The van der Waals surface area contributed by atoms with E-state index in [1.165, 1.54) is 5.56 Å². The molecule has 1 atom stereocenters. The first kappa shape index (κ1) is 12.9. The van der Waals surface area contributed by atoms with Gasteiger partial charge in [0.15, 0.2) is 0 Å². The molecule has 94 valence electrons. The summed E-state index contributed by atoms with van der Waals surface area (Å²) in [6, 6.07) is 6.78. The Morgan fingerprint density at radius 2 is 2.18 bits per heavy atom. The molecule has 0 amide bonds. The molecule has 0 spiro atoms. The summed E-state index contributed by atoms with van der Waals surface area (Å²) in [5.41, 5.74) is 8.14. The summed E-state index contributed by atoms with van der Waals surface area (Å²) in [5, 5.41) is 0. The van der Waals surface area contributed by atoms with Crippen molar-refractivity contribution in [2.24, 2.45) is 0 Å². The molecular weight excluding hydrogens is 278 g/mol. The Labute approximate surface area is 112 Å². The van der Waals surface area contributed by atoms with Crippen LogP contribution in [0.3, 0.4) is 0 Å². The summed E-state index contributed by atoms with van der Waals surface area (Å²) in [6.07, 6.45) is 0. The minimum atomic E-state index is 0.625. The third-order valence-corrected chi connectivity index (χ3v) is 4.04. The van der Waals surface area contributed by atoms with E-state index < -0.39 is 0 Å². The zero-order chi connectivity index (χ0) is 12.4. The highest BCUT2D eigenvalue weighted by Crippen LogP contribution is 2.21. The lowest BCUT2D eigenvalue weighted by Gasteiger charge is -2.37. The van der Waals surface area contributed by atoms with Gasteiger partial charge in [-0.05, 0) is 31.7 Å². The van der Waals surface area contributed by atoms with Gasteiger partial charge in [0.2, 0.25) is 0 Å². The van der Waals surface area contributed by atoms with Gasteiger partial charge < -0.3 is 10.6 Å². The number of nitrogen functional groups attached to an aromatic ring is 1. The standard InChI is InChI=1S/C13H20BrN3/c1-10-8-17(6-5-16(10)2)9-11-3-4-12(14)7-13(11)15/h3-4,7,10H,5-6,8-9,15H2,1-2H3. The van der Waals surface area contributed by atoms with E-state index in [0.717, 1.165) is 36.3 Å². The van der Waals surface area contributed by atoms with Crippen LogP contribution >= 0.6 is 15.9 Å². The molecular formula is C13H20BrN3.